The minimum atomic E-state index is 0.292. The van der Waals surface area contributed by atoms with Gasteiger partial charge in [0.2, 0.25) is 0 Å². The number of ether oxygens (including phenoxy) is 2. The van der Waals surface area contributed by atoms with Crippen LogP contribution in [0.4, 0.5) is 0 Å². The third-order valence-corrected chi connectivity index (χ3v) is 2.38. The van der Waals surface area contributed by atoms with Crippen molar-refractivity contribution in [2.24, 2.45) is 5.41 Å². The summed E-state index contributed by atoms with van der Waals surface area (Å²) in [5.74, 6) is 0. The molecule has 12 heavy (non-hydrogen) atoms. The van der Waals surface area contributed by atoms with Crippen molar-refractivity contribution in [3.05, 3.63) is 12.8 Å². The molecule has 0 amide bonds. The minimum Gasteiger partial charge on any atom is -0.499 e. The van der Waals surface area contributed by atoms with E-state index in [1.807, 2.05) is 0 Å². The molecule has 1 unspecified atom stereocenters. The highest BCUT2D eigenvalue weighted by molar-refractivity contribution is 4.81. The van der Waals surface area contributed by atoms with Gasteiger partial charge in [0, 0.05) is 5.41 Å². The van der Waals surface area contributed by atoms with Crippen molar-refractivity contribution in [2.45, 2.75) is 32.8 Å². The molecule has 2 nitrogen and oxygen atoms in total. The average Bonchev–Trinajstić information content (AvgIpc) is 1.98. The molecule has 70 valence electrons. The lowest BCUT2D eigenvalue weighted by Gasteiger charge is -2.38. The highest BCUT2D eigenvalue weighted by Gasteiger charge is 2.33. The molecule has 1 aliphatic heterocycles. The van der Waals surface area contributed by atoms with Crippen LogP contribution in [-0.2, 0) is 9.47 Å². The second-order valence-electron chi connectivity index (χ2n) is 3.96. The monoisotopic (exact) mass is 170 g/mol. The predicted molar refractivity (Wildman–Crippen MR) is 48.9 cm³/mol. The van der Waals surface area contributed by atoms with Crippen LogP contribution in [0.3, 0.4) is 0 Å². The lowest BCUT2D eigenvalue weighted by Crippen LogP contribution is -2.40. The van der Waals surface area contributed by atoms with E-state index >= 15 is 0 Å². The molecule has 0 N–H and O–H groups in total. The Morgan fingerprint density at radius 1 is 1.67 bits per heavy atom. The molecule has 0 aromatic carbocycles. The van der Waals surface area contributed by atoms with E-state index < -0.39 is 0 Å². The minimum absolute atomic E-state index is 0.292. The fourth-order valence-electron chi connectivity index (χ4n) is 1.38. The summed E-state index contributed by atoms with van der Waals surface area (Å²) in [6, 6.07) is 0. The Bertz CT molecular complexity index is 150. The zero-order chi connectivity index (χ0) is 9.03. The Kier molecular flexibility index (Phi) is 3.15. The van der Waals surface area contributed by atoms with Gasteiger partial charge in [-0.2, -0.15) is 0 Å². The first kappa shape index (κ1) is 9.59. The zero-order valence-corrected chi connectivity index (χ0v) is 8.01. The van der Waals surface area contributed by atoms with E-state index in [0.717, 1.165) is 19.6 Å². The fourth-order valence-corrected chi connectivity index (χ4v) is 1.38. The maximum atomic E-state index is 5.23. The van der Waals surface area contributed by atoms with Crippen LogP contribution in [0.25, 0.3) is 0 Å². The standard InChI is InChI=1S/C10H18O2/c1-4-12-9(2)5-6-10(3)7-11-8-10/h4,9H,1,5-8H2,2-3H3. The van der Waals surface area contributed by atoms with Crippen molar-refractivity contribution in [1.82, 2.24) is 0 Å². The molecule has 0 aliphatic carbocycles. The Morgan fingerprint density at radius 3 is 2.75 bits per heavy atom. The summed E-state index contributed by atoms with van der Waals surface area (Å²) < 4.78 is 10.4. The Hall–Kier alpha value is -0.500. The highest BCUT2D eigenvalue weighted by Crippen LogP contribution is 2.32. The molecular formula is C10H18O2. The van der Waals surface area contributed by atoms with E-state index in [1.54, 1.807) is 0 Å². The van der Waals surface area contributed by atoms with Crippen molar-refractivity contribution in [1.29, 1.82) is 0 Å². The summed E-state index contributed by atoms with van der Waals surface area (Å²) in [6.45, 7) is 9.69. The van der Waals surface area contributed by atoms with E-state index in [1.165, 1.54) is 12.7 Å². The van der Waals surface area contributed by atoms with Crippen LogP contribution in [0.5, 0.6) is 0 Å². The summed E-state index contributed by atoms with van der Waals surface area (Å²) in [5, 5.41) is 0. The lowest BCUT2D eigenvalue weighted by atomic mass is 9.83. The van der Waals surface area contributed by atoms with Crippen molar-refractivity contribution < 1.29 is 9.47 Å². The third kappa shape index (κ3) is 2.52. The summed E-state index contributed by atoms with van der Waals surface area (Å²) in [6.07, 6.45) is 4.08. The topological polar surface area (TPSA) is 18.5 Å². The van der Waals surface area contributed by atoms with E-state index in [0.29, 0.717) is 11.5 Å². The van der Waals surface area contributed by atoms with Crippen LogP contribution in [-0.4, -0.2) is 19.3 Å². The molecule has 0 radical (unpaired) electrons. The zero-order valence-electron chi connectivity index (χ0n) is 8.01. The first-order valence-corrected chi connectivity index (χ1v) is 4.50. The second-order valence-corrected chi connectivity index (χ2v) is 3.96. The van der Waals surface area contributed by atoms with Gasteiger partial charge >= 0.3 is 0 Å². The summed E-state index contributed by atoms with van der Waals surface area (Å²) in [7, 11) is 0. The van der Waals surface area contributed by atoms with E-state index in [9.17, 15) is 0 Å². The highest BCUT2D eigenvalue weighted by atomic mass is 16.5. The Morgan fingerprint density at radius 2 is 2.33 bits per heavy atom. The van der Waals surface area contributed by atoms with Crippen LogP contribution in [0, 0.1) is 5.41 Å². The summed E-state index contributed by atoms with van der Waals surface area (Å²) >= 11 is 0. The molecule has 2 heteroatoms. The van der Waals surface area contributed by atoms with Crippen molar-refractivity contribution >= 4 is 0 Å². The first-order valence-electron chi connectivity index (χ1n) is 4.50. The number of rotatable bonds is 5. The quantitative estimate of drug-likeness (QED) is 0.590. The lowest BCUT2D eigenvalue weighted by molar-refractivity contribution is -0.109. The van der Waals surface area contributed by atoms with Crippen LogP contribution in [0.1, 0.15) is 26.7 Å². The molecule has 1 heterocycles. The van der Waals surface area contributed by atoms with Crippen molar-refractivity contribution in [3.8, 4) is 0 Å². The van der Waals surface area contributed by atoms with Crippen LogP contribution >= 0.6 is 0 Å². The molecule has 0 aromatic heterocycles. The molecule has 1 aliphatic rings. The number of hydrogen-bond acceptors (Lipinski definition) is 2. The summed E-state index contributed by atoms with van der Waals surface area (Å²) in [4.78, 5) is 0. The first-order chi connectivity index (χ1) is 5.66. The van der Waals surface area contributed by atoms with Gasteiger partial charge in [0.05, 0.1) is 25.6 Å². The average molecular weight is 170 g/mol. The normalized spacial score (nSPS) is 22.5. The van der Waals surface area contributed by atoms with Crippen LogP contribution < -0.4 is 0 Å². The van der Waals surface area contributed by atoms with Gasteiger partial charge in [0.15, 0.2) is 0 Å². The van der Waals surface area contributed by atoms with Gasteiger partial charge in [-0.3, -0.25) is 0 Å². The van der Waals surface area contributed by atoms with Gasteiger partial charge in [0.25, 0.3) is 0 Å². The molecule has 1 atom stereocenters. The maximum absolute atomic E-state index is 5.23. The van der Waals surface area contributed by atoms with E-state index in [4.69, 9.17) is 9.47 Å². The molecule has 0 saturated carbocycles. The largest absolute Gasteiger partial charge is 0.499 e. The molecule has 0 spiro atoms. The van der Waals surface area contributed by atoms with Crippen LogP contribution in [0.2, 0.25) is 0 Å². The third-order valence-electron chi connectivity index (χ3n) is 2.38. The van der Waals surface area contributed by atoms with Gasteiger partial charge in [-0.05, 0) is 19.8 Å². The Labute approximate surface area is 74.6 Å². The van der Waals surface area contributed by atoms with Gasteiger partial charge in [-0.25, -0.2) is 0 Å². The smallest absolute Gasteiger partial charge is 0.0950 e. The molecular weight excluding hydrogens is 152 g/mol. The number of hydrogen-bond donors (Lipinski definition) is 0. The Balaban J connectivity index is 2.11. The molecule has 0 bridgehead atoms. The van der Waals surface area contributed by atoms with Gasteiger partial charge in [-0.15, -0.1) is 0 Å². The van der Waals surface area contributed by atoms with Gasteiger partial charge in [-0.1, -0.05) is 13.5 Å². The van der Waals surface area contributed by atoms with Crippen molar-refractivity contribution in [3.63, 3.8) is 0 Å². The second kappa shape index (κ2) is 3.94. The SMILES string of the molecule is C=COC(C)CCC1(C)COC1. The van der Waals surface area contributed by atoms with Crippen LogP contribution in [0.15, 0.2) is 12.8 Å². The van der Waals surface area contributed by atoms with Crippen molar-refractivity contribution in [2.75, 3.05) is 13.2 Å². The van der Waals surface area contributed by atoms with Gasteiger partial charge < -0.3 is 9.47 Å². The van der Waals surface area contributed by atoms with E-state index in [-0.39, 0.29) is 0 Å². The van der Waals surface area contributed by atoms with Gasteiger partial charge in [0.1, 0.15) is 0 Å². The molecule has 1 rings (SSSR count). The molecule has 1 fully saturated rings. The maximum Gasteiger partial charge on any atom is 0.0950 e. The molecule has 0 aromatic rings. The van der Waals surface area contributed by atoms with E-state index in [2.05, 4.69) is 20.4 Å². The molecule has 1 saturated heterocycles. The predicted octanol–water partition coefficient (Wildman–Crippen LogP) is 2.35. The summed E-state index contributed by atoms with van der Waals surface area (Å²) in [5.41, 5.74) is 0.415. The fraction of sp³-hybridized carbons (Fsp3) is 0.800.